The molecule has 2 aromatic carbocycles. The van der Waals surface area contributed by atoms with Crippen molar-refractivity contribution in [1.82, 2.24) is 10.2 Å². The third-order valence-electron chi connectivity index (χ3n) is 4.87. The molecular weight excluding hydrogens is 344 g/mol. The molecule has 0 unspecified atom stereocenters. The van der Waals surface area contributed by atoms with Crippen molar-refractivity contribution in [1.29, 1.82) is 0 Å². The summed E-state index contributed by atoms with van der Waals surface area (Å²) in [5.41, 5.74) is 3.48. The minimum Gasteiger partial charge on any atom is -0.376 e. The molecule has 0 atom stereocenters. The van der Waals surface area contributed by atoms with Gasteiger partial charge in [-0.1, -0.05) is 18.2 Å². The Balaban J connectivity index is 1.38. The highest BCUT2D eigenvalue weighted by Crippen LogP contribution is 2.29. The zero-order chi connectivity index (χ0) is 18.8. The van der Waals surface area contributed by atoms with Gasteiger partial charge in [-0.2, -0.15) is 0 Å². The van der Waals surface area contributed by atoms with Gasteiger partial charge in [-0.15, -0.1) is 0 Å². The number of hydrogen-bond acceptors (Lipinski definition) is 4. The van der Waals surface area contributed by atoms with Gasteiger partial charge in [-0.25, -0.2) is 4.79 Å². The number of hydrogen-bond donors (Lipinski definition) is 2. The zero-order valence-corrected chi connectivity index (χ0v) is 14.8. The summed E-state index contributed by atoms with van der Waals surface area (Å²) in [5, 5.41) is 5.60. The summed E-state index contributed by atoms with van der Waals surface area (Å²) in [7, 11) is 0. The predicted octanol–water partition coefficient (Wildman–Crippen LogP) is 1.85. The molecular formula is C20H20N4O3. The Morgan fingerprint density at radius 1 is 1.00 bits per heavy atom. The van der Waals surface area contributed by atoms with Gasteiger partial charge in [0.05, 0.1) is 6.54 Å². The molecule has 138 valence electrons. The maximum absolute atomic E-state index is 12.8. The number of anilines is 2. The number of rotatable bonds is 4. The summed E-state index contributed by atoms with van der Waals surface area (Å²) < 4.78 is 0. The van der Waals surface area contributed by atoms with E-state index in [1.54, 1.807) is 29.2 Å². The highest BCUT2D eigenvalue weighted by atomic mass is 16.2. The van der Waals surface area contributed by atoms with Gasteiger partial charge in [0.25, 0.3) is 5.91 Å². The van der Waals surface area contributed by atoms with Crippen LogP contribution in [0.3, 0.4) is 0 Å². The standard InChI is InChI=1S/C20H20N4O3/c25-18(24-12-10-21-20(24)27)13-22-16-7-5-15(6-8-16)19(26)23-11-9-14-3-1-2-4-17(14)23/h1-8,22H,9-13H2,(H,21,27). The normalized spacial score (nSPS) is 15.5. The van der Waals surface area contributed by atoms with Gasteiger partial charge < -0.3 is 15.5 Å². The van der Waals surface area contributed by atoms with Crippen LogP contribution in [0.2, 0.25) is 0 Å². The van der Waals surface area contributed by atoms with Crippen LogP contribution in [0.5, 0.6) is 0 Å². The summed E-state index contributed by atoms with van der Waals surface area (Å²) in [4.78, 5) is 39.3. The van der Waals surface area contributed by atoms with E-state index in [2.05, 4.69) is 10.6 Å². The van der Waals surface area contributed by atoms with E-state index in [0.717, 1.165) is 17.8 Å². The maximum atomic E-state index is 12.8. The van der Waals surface area contributed by atoms with Gasteiger partial charge in [0.1, 0.15) is 0 Å². The molecule has 2 aliphatic heterocycles. The molecule has 2 heterocycles. The van der Waals surface area contributed by atoms with Crippen LogP contribution in [0, 0.1) is 0 Å². The number of nitrogens with one attached hydrogen (secondary N) is 2. The first-order valence-electron chi connectivity index (χ1n) is 8.95. The van der Waals surface area contributed by atoms with Crippen molar-refractivity contribution in [3.8, 4) is 0 Å². The van der Waals surface area contributed by atoms with Gasteiger partial charge in [0.15, 0.2) is 0 Å². The van der Waals surface area contributed by atoms with Crippen LogP contribution in [-0.4, -0.2) is 48.9 Å². The molecule has 2 N–H and O–H groups in total. The highest BCUT2D eigenvalue weighted by molar-refractivity contribution is 6.07. The molecule has 2 aliphatic rings. The molecule has 0 saturated carbocycles. The number of carbonyl (C=O) groups is 3. The van der Waals surface area contributed by atoms with Crippen molar-refractivity contribution in [2.45, 2.75) is 6.42 Å². The topological polar surface area (TPSA) is 81.8 Å². The quantitative estimate of drug-likeness (QED) is 0.868. The van der Waals surface area contributed by atoms with Crippen LogP contribution >= 0.6 is 0 Å². The van der Waals surface area contributed by atoms with E-state index in [-0.39, 0.29) is 24.4 Å². The molecule has 27 heavy (non-hydrogen) atoms. The summed E-state index contributed by atoms with van der Waals surface area (Å²) in [6.45, 7) is 1.59. The van der Waals surface area contributed by atoms with E-state index in [9.17, 15) is 14.4 Å². The highest BCUT2D eigenvalue weighted by Gasteiger charge is 2.26. The largest absolute Gasteiger partial charge is 0.376 e. The number of urea groups is 1. The Morgan fingerprint density at radius 2 is 1.78 bits per heavy atom. The van der Waals surface area contributed by atoms with Crippen LogP contribution in [-0.2, 0) is 11.2 Å². The van der Waals surface area contributed by atoms with Crippen molar-refractivity contribution >= 4 is 29.2 Å². The average molecular weight is 364 g/mol. The monoisotopic (exact) mass is 364 g/mol. The predicted molar refractivity (Wildman–Crippen MR) is 102 cm³/mol. The Hall–Kier alpha value is -3.35. The Kier molecular flexibility index (Phi) is 4.50. The number of imide groups is 1. The molecule has 4 amide bonds. The van der Waals surface area contributed by atoms with Crippen molar-refractivity contribution in [3.05, 3.63) is 59.7 Å². The van der Waals surface area contributed by atoms with Crippen LogP contribution < -0.4 is 15.5 Å². The van der Waals surface area contributed by atoms with E-state index < -0.39 is 0 Å². The average Bonchev–Trinajstić information content (AvgIpc) is 3.32. The fourth-order valence-corrected chi connectivity index (χ4v) is 3.42. The van der Waals surface area contributed by atoms with Gasteiger partial charge in [-0.05, 0) is 42.3 Å². The number of para-hydroxylation sites is 1. The summed E-state index contributed by atoms with van der Waals surface area (Å²) in [6, 6.07) is 14.6. The first-order chi connectivity index (χ1) is 13.1. The van der Waals surface area contributed by atoms with E-state index in [0.29, 0.717) is 25.2 Å². The number of fused-ring (bicyclic) bond motifs is 1. The Morgan fingerprint density at radius 3 is 2.52 bits per heavy atom. The lowest BCUT2D eigenvalue weighted by atomic mass is 10.1. The van der Waals surface area contributed by atoms with Gasteiger partial charge in [-0.3, -0.25) is 14.5 Å². The zero-order valence-electron chi connectivity index (χ0n) is 14.8. The SMILES string of the molecule is O=C(CNc1ccc(C(=O)N2CCc3ccccc32)cc1)N1CCNC1=O. The lowest BCUT2D eigenvalue weighted by Gasteiger charge is -2.18. The molecule has 7 nitrogen and oxygen atoms in total. The third kappa shape index (κ3) is 3.36. The minimum atomic E-state index is -0.353. The van der Waals surface area contributed by atoms with E-state index in [1.165, 1.54) is 10.5 Å². The molecule has 7 heteroatoms. The minimum absolute atomic E-state index is 0.0280. The molecule has 0 bridgehead atoms. The fourth-order valence-electron chi connectivity index (χ4n) is 3.42. The maximum Gasteiger partial charge on any atom is 0.324 e. The number of amides is 4. The summed E-state index contributed by atoms with van der Waals surface area (Å²) in [5.74, 6) is -0.310. The van der Waals surface area contributed by atoms with Gasteiger partial charge in [0.2, 0.25) is 5.91 Å². The van der Waals surface area contributed by atoms with Crippen LogP contribution in [0.1, 0.15) is 15.9 Å². The van der Waals surface area contributed by atoms with Crippen LogP contribution in [0.25, 0.3) is 0 Å². The fraction of sp³-hybridized carbons (Fsp3) is 0.250. The molecule has 0 aliphatic carbocycles. The van der Waals surface area contributed by atoms with Gasteiger partial charge >= 0.3 is 6.03 Å². The second-order valence-electron chi connectivity index (χ2n) is 6.54. The van der Waals surface area contributed by atoms with Crippen molar-refractivity contribution < 1.29 is 14.4 Å². The molecule has 0 spiro atoms. The van der Waals surface area contributed by atoms with Crippen LogP contribution in [0.4, 0.5) is 16.2 Å². The first kappa shape index (κ1) is 17.1. The molecule has 4 rings (SSSR count). The number of nitrogens with zero attached hydrogens (tertiary/aromatic N) is 2. The summed E-state index contributed by atoms with van der Waals surface area (Å²) >= 11 is 0. The lowest BCUT2D eigenvalue weighted by molar-refractivity contribution is -0.125. The van der Waals surface area contributed by atoms with E-state index in [4.69, 9.17) is 0 Å². The number of benzene rings is 2. The van der Waals surface area contributed by atoms with E-state index >= 15 is 0 Å². The second-order valence-corrected chi connectivity index (χ2v) is 6.54. The molecule has 2 aromatic rings. The molecule has 0 radical (unpaired) electrons. The first-order valence-corrected chi connectivity index (χ1v) is 8.95. The van der Waals surface area contributed by atoms with E-state index in [1.807, 2.05) is 24.3 Å². The van der Waals surface area contributed by atoms with Crippen molar-refractivity contribution in [3.63, 3.8) is 0 Å². The number of carbonyl (C=O) groups excluding carboxylic acids is 3. The molecule has 0 aromatic heterocycles. The van der Waals surface area contributed by atoms with Crippen molar-refractivity contribution in [2.75, 3.05) is 36.4 Å². The Bertz CT molecular complexity index is 894. The lowest BCUT2D eigenvalue weighted by Crippen LogP contribution is -2.38. The van der Waals surface area contributed by atoms with Crippen LogP contribution in [0.15, 0.2) is 48.5 Å². The second kappa shape index (κ2) is 7.11. The molecule has 1 saturated heterocycles. The third-order valence-corrected chi connectivity index (χ3v) is 4.87. The van der Waals surface area contributed by atoms with Crippen molar-refractivity contribution in [2.24, 2.45) is 0 Å². The Labute approximate surface area is 157 Å². The molecule has 1 fully saturated rings. The smallest absolute Gasteiger partial charge is 0.324 e. The van der Waals surface area contributed by atoms with Gasteiger partial charge in [0, 0.05) is 36.6 Å². The summed E-state index contributed by atoms with van der Waals surface area (Å²) in [6.07, 6.45) is 0.869.